The Morgan fingerprint density at radius 2 is 1.72 bits per heavy atom. The zero-order valence-corrected chi connectivity index (χ0v) is 18.0. The van der Waals surface area contributed by atoms with Gasteiger partial charge in [0.15, 0.2) is 5.58 Å². The second kappa shape index (κ2) is 8.45. The number of hydrogen-bond acceptors (Lipinski definition) is 4. The highest BCUT2D eigenvalue weighted by molar-refractivity contribution is 6.40. The smallest absolute Gasteiger partial charge is 0.258 e. The number of furan rings is 1. The minimum Gasteiger partial charge on any atom is -0.459 e. The fourth-order valence-corrected chi connectivity index (χ4v) is 3.56. The molecule has 1 aromatic heterocycles. The predicted octanol–water partition coefficient (Wildman–Crippen LogP) is 5.11. The number of halogens is 2. The molecule has 0 aliphatic rings. The molecule has 0 unspecified atom stereocenters. The van der Waals surface area contributed by atoms with E-state index < -0.39 is 5.91 Å². The highest BCUT2D eigenvalue weighted by Gasteiger charge is 2.19. The number of anilines is 2. The summed E-state index contributed by atoms with van der Waals surface area (Å²) < 4.78 is 5.85. The molecule has 6 nitrogen and oxygen atoms in total. The van der Waals surface area contributed by atoms with Crippen molar-refractivity contribution in [3.63, 3.8) is 0 Å². The predicted molar refractivity (Wildman–Crippen MR) is 117 cm³/mol. The molecule has 8 heteroatoms. The van der Waals surface area contributed by atoms with Crippen molar-refractivity contribution in [2.45, 2.75) is 13.8 Å². The number of nitrogens with one attached hydrogen (secondary N) is 2. The molecule has 2 N–H and O–H groups in total. The van der Waals surface area contributed by atoms with E-state index >= 15 is 0 Å². The average Bonchev–Trinajstić information content (AvgIpc) is 2.89. The first kappa shape index (κ1) is 21.2. The number of carbonyl (C=O) groups is 2. The Morgan fingerprint density at radius 3 is 2.34 bits per heavy atom. The highest BCUT2D eigenvalue weighted by atomic mass is 35.5. The number of likely N-dealkylation sites (N-methyl/N-ethyl adjacent to an activating group) is 1. The van der Waals surface area contributed by atoms with Crippen LogP contribution in [-0.4, -0.2) is 37.4 Å². The fourth-order valence-electron chi connectivity index (χ4n) is 2.99. The molecule has 3 aromatic rings. The summed E-state index contributed by atoms with van der Waals surface area (Å²) in [6, 6.07) is 8.33. The second-order valence-corrected chi connectivity index (χ2v) is 7.83. The Labute approximate surface area is 178 Å². The van der Waals surface area contributed by atoms with E-state index in [0.717, 1.165) is 16.7 Å². The largest absolute Gasteiger partial charge is 0.459 e. The third kappa shape index (κ3) is 4.56. The van der Waals surface area contributed by atoms with Crippen LogP contribution >= 0.6 is 23.2 Å². The Kier molecular flexibility index (Phi) is 6.17. The lowest BCUT2D eigenvalue weighted by Gasteiger charge is -2.13. The van der Waals surface area contributed by atoms with Crippen molar-refractivity contribution >= 4 is 57.4 Å². The van der Waals surface area contributed by atoms with Gasteiger partial charge in [0.1, 0.15) is 5.76 Å². The summed E-state index contributed by atoms with van der Waals surface area (Å²) in [6.45, 7) is 4.00. The minimum atomic E-state index is -0.467. The number of amides is 2. The zero-order chi connectivity index (χ0) is 21.3. The molecule has 0 saturated carbocycles. The van der Waals surface area contributed by atoms with Gasteiger partial charge in [-0.25, -0.2) is 0 Å². The normalized spacial score (nSPS) is 11.1. The standard InChI is InChI=1S/C21H21Cl2N3O3/c1-11-12(2)29-20-14(11)8-13(24-18(27)10-26(3)4)9-17(20)25-21(28)19-15(22)6-5-7-16(19)23/h5-9H,10H2,1-4H3,(H,24,27)(H,25,28). The van der Waals surface area contributed by atoms with Gasteiger partial charge in [-0.05, 0) is 57.8 Å². The Balaban J connectivity index is 2.02. The molecule has 0 aliphatic heterocycles. The first-order chi connectivity index (χ1) is 13.7. The van der Waals surface area contributed by atoms with E-state index in [2.05, 4.69) is 10.6 Å². The summed E-state index contributed by atoms with van der Waals surface area (Å²) in [7, 11) is 3.62. The Hall–Kier alpha value is -2.54. The van der Waals surface area contributed by atoms with E-state index in [9.17, 15) is 9.59 Å². The van der Waals surface area contributed by atoms with Crippen LogP contribution in [0.15, 0.2) is 34.7 Å². The van der Waals surface area contributed by atoms with E-state index in [1.165, 1.54) is 0 Å². The van der Waals surface area contributed by atoms with Gasteiger partial charge in [-0.1, -0.05) is 29.3 Å². The molecule has 0 spiro atoms. The summed E-state index contributed by atoms with van der Waals surface area (Å²) in [5.74, 6) is 0.0899. The number of nitrogens with zero attached hydrogens (tertiary/aromatic N) is 1. The molecule has 0 aliphatic carbocycles. The Morgan fingerprint density at radius 1 is 1.07 bits per heavy atom. The van der Waals surface area contributed by atoms with Gasteiger partial charge in [0.25, 0.3) is 5.91 Å². The fraction of sp³-hybridized carbons (Fsp3) is 0.238. The maximum absolute atomic E-state index is 12.9. The van der Waals surface area contributed by atoms with Crippen LogP contribution in [-0.2, 0) is 4.79 Å². The molecule has 29 heavy (non-hydrogen) atoms. The third-order valence-electron chi connectivity index (χ3n) is 4.46. The molecule has 0 bridgehead atoms. The summed E-state index contributed by atoms with van der Waals surface area (Å²) in [4.78, 5) is 26.8. The SMILES string of the molecule is Cc1oc2c(NC(=O)c3c(Cl)cccc3Cl)cc(NC(=O)CN(C)C)cc2c1C. The Bertz CT molecular complexity index is 1090. The average molecular weight is 434 g/mol. The van der Waals surface area contributed by atoms with Gasteiger partial charge in [0, 0.05) is 11.1 Å². The molecule has 0 saturated heterocycles. The van der Waals surface area contributed by atoms with Crippen LogP contribution in [0.3, 0.4) is 0 Å². The van der Waals surface area contributed by atoms with E-state index in [4.69, 9.17) is 27.6 Å². The number of hydrogen-bond donors (Lipinski definition) is 2. The second-order valence-electron chi connectivity index (χ2n) is 7.02. The van der Waals surface area contributed by atoms with Crippen LogP contribution in [0.1, 0.15) is 21.7 Å². The molecule has 2 aromatic carbocycles. The van der Waals surface area contributed by atoms with Crippen molar-refractivity contribution in [3.8, 4) is 0 Å². The van der Waals surface area contributed by atoms with Crippen LogP contribution in [0.25, 0.3) is 11.0 Å². The summed E-state index contributed by atoms with van der Waals surface area (Å²) in [5, 5.41) is 6.95. The third-order valence-corrected chi connectivity index (χ3v) is 5.09. The van der Waals surface area contributed by atoms with Gasteiger partial charge in [0.05, 0.1) is 27.8 Å². The lowest BCUT2D eigenvalue weighted by molar-refractivity contribution is -0.116. The molecule has 0 radical (unpaired) electrons. The van der Waals surface area contributed by atoms with Crippen molar-refractivity contribution in [1.29, 1.82) is 0 Å². The van der Waals surface area contributed by atoms with Gasteiger partial charge < -0.3 is 20.0 Å². The van der Waals surface area contributed by atoms with E-state index in [1.807, 2.05) is 34.0 Å². The highest BCUT2D eigenvalue weighted by Crippen LogP contribution is 2.35. The molecule has 152 valence electrons. The van der Waals surface area contributed by atoms with Crippen molar-refractivity contribution < 1.29 is 14.0 Å². The molecule has 3 rings (SSSR count). The number of benzene rings is 2. The molecule has 0 fully saturated rings. The van der Waals surface area contributed by atoms with Crippen LogP contribution in [0, 0.1) is 13.8 Å². The van der Waals surface area contributed by atoms with Gasteiger partial charge in [-0.15, -0.1) is 0 Å². The lowest BCUT2D eigenvalue weighted by Crippen LogP contribution is -2.27. The molecular formula is C21H21Cl2N3O3. The summed E-state index contributed by atoms with van der Waals surface area (Å²) in [5.41, 5.74) is 2.58. The molecule has 1 heterocycles. The summed E-state index contributed by atoms with van der Waals surface area (Å²) >= 11 is 12.3. The number of rotatable bonds is 5. The van der Waals surface area contributed by atoms with E-state index in [-0.39, 0.29) is 28.1 Å². The number of carbonyl (C=O) groups excluding carboxylic acids is 2. The monoisotopic (exact) mass is 433 g/mol. The van der Waals surface area contributed by atoms with Gasteiger partial charge >= 0.3 is 0 Å². The van der Waals surface area contributed by atoms with Crippen LogP contribution in [0.2, 0.25) is 10.0 Å². The quantitative estimate of drug-likeness (QED) is 0.586. The van der Waals surface area contributed by atoms with E-state index in [0.29, 0.717) is 17.0 Å². The topological polar surface area (TPSA) is 74.6 Å². The van der Waals surface area contributed by atoms with Gasteiger partial charge in [0.2, 0.25) is 5.91 Å². The van der Waals surface area contributed by atoms with Crippen molar-refractivity contribution in [3.05, 3.63) is 57.3 Å². The first-order valence-corrected chi connectivity index (χ1v) is 9.66. The number of fused-ring (bicyclic) bond motifs is 1. The first-order valence-electron chi connectivity index (χ1n) is 8.91. The lowest BCUT2D eigenvalue weighted by atomic mass is 10.1. The number of aryl methyl sites for hydroxylation is 2. The van der Waals surface area contributed by atoms with Crippen molar-refractivity contribution in [1.82, 2.24) is 4.90 Å². The van der Waals surface area contributed by atoms with E-state index in [1.54, 1.807) is 29.2 Å². The van der Waals surface area contributed by atoms with Crippen LogP contribution in [0.4, 0.5) is 11.4 Å². The van der Waals surface area contributed by atoms with Crippen molar-refractivity contribution in [2.24, 2.45) is 0 Å². The summed E-state index contributed by atoms with van der Waals surface area (Å²) in [6.07, 6.45) is 0. The maximum atomic E-state index is 12.9. The van der Waals surface area contributed by atoms with Crippen LogP contribution in [0.5, 0.6) is 0 Å². The molecule has 0 atom stereocenters. The van der Waals surface area contributed by atoms with Crippen LogP contribution < -0.4 is 10.6 Å². The minimum absolute atomic E-state index is 0.168. The molecular weight excluding hydrogens is 413 g/mol. The molecule has 2 amide bonds. The van der Waals surface area contributed by atoms with Gasteiger partial charge in [-0.3, -0.25) is 9.59 Å². The maximum Gasteiger partial charge on any atom is 0.258 e. The van der Waals surface area contributed by atoms with Crippen molar-refractivity contribution in [2.75, 3.05) is 31.3 Å². The van der Waals surface area contributed by atoms with Gasteiger partial charge in [-0.2, -0.15) is 0 Å². The zero-order valence-electron chi connectivity index (χ0n) is 16.5.